The predicted molar refractivity (Wildman–Crippen MR) is 80.8 cm³/mol. The average molecular weight is 321 g/mol. The van der Waals surface area contributed by atoms with E-state index in [0.717, 1.165) is 0 Å². The first-order valence-electron chi connectivity index (χ1n) is 6.43. The minimum atomic E-state index is -3.44. The molecule has 2 rings (SSSR count). The highest BCUT2D eigenvalue weighted by molar-refractivity contribution is 7.89. The van der Waals surface area contributed by atoms with Crippen molar-refractivity contribution in [3.8, 4) is 5.75 Å². The number of hydrogen-bond donors (Lipinski definition) is 1. The van der Waals surface area contributed by atoms with Crippen LogP contribution in [0.2, 0.25) is 0 Å². The molecule has 0 saturated carbocycles. The quantitative estimate of drug-likeness (QED) is 0.912. The second-order valence-electron chi connectivity index (χ2n) is 4.87. The van der Waals surface area contributed by atoms with Crippen molar-refractivity contribution in [2.45, 2.75) is 24.8 Å². The van der Waals surface area contributed by atoms with Gasteiger partial charge in [0.2, 0.25) is 10.0 Å². The molecule has 114 valence electrons. The van der Waals surface area contributed by atoms with Crippen molar-refractivity contribution in [3.05, 3.63) is 24.3 Å². The Morgan fingerprint density at radius 1 is 1.30 bits per heavy atom. The van der Waals surface area contributed by atoms with Crippen molar-refractivity contribution in [2.24, 2.45) is 11.7 Å². The second-order valence-corrected chi connectivity index (χ2v) is 6.81. The van der Waals surface area contributed by atoms with Crippen molar-refractivity contribution in [2.75, 3.05) is 19.7 Å². The summed E-state index contributed by atoms with van der Waals surface area (Å²) >= 11 is 0. The van der Waals surface area contributed by atoms with Gasteiger partial charge in [-0.2, -0.15) is 4.31 Å². The minimum Gasteiger partial charge on any atom is -0.494 e. The molecule has 1 heterocycles. The van der Waals surface area contributed by atoms with Crippen molar-refractivity contribution in [3.63, 3.8) is 0 Å². The van der Waals surface area contributed by atoms with Gasteiger partial charge in [0.1, 0.15) is 5.75 Å². The fourth-order valence-corrected chi connectivity index (χ4v) is 3.74. The lowest BCUT2D eigenvalue weighted by atomic mass is 10.1. The van der Waals surface area contributed by atoms with Gasteiger partial charge in [-0.25, -0.2) is 8.42 Å². The minimum absolute atomic E-state index is 0. The lowest BCUT2D eigenvalue weighted by Gasteiger charge is -2.16. The van der Waals surface area contributed by atoms with Gasteiger partial charge in [0.15, 0.2) is 0 Å². The molecule has 1 aliphatic heterocycles. The molecule has 2 unspecified atom stereocenters. The van der Waals surface area contributed by atoms with E-state index in [0.29, 0.717) is 25.4 Å². The van der Waals surface area contributed by atoms with Gasteiger partial charge in [0.05, 0.1) is 11.5 Å². The van der Waals surface area contributed by atoms with Crippen molar-refractivity contribution < 1.29 is 13.2 Å². The Hall–Kier alpha value is -0.820. The standard InChI is InChI=1S/C13H20N2O3S.ClH/c1-3-18-11-4-6-12(7-5-11)19(16,17)15-8-10(2)13(14)9-15;/h4-7,10,13H,3,8-9,14H2,1-2H3;1H. The van der Waals surface area contributed by atoms with Crippen molar-refractivity contribution >= 4 is 22.4 Å². The van der Waals surface area contributed by atoms with E-state index in [1.807, 2.05) is 13.8 Å². The lowest BCUT2D eigenvalue weighted by Crippen LogP contribution is -2.32. The molecule has 1 aromatic carbocycles. The number of halogens is 1. The fourth-order valence-electron chi connectivity index (χ4n) is 2.17. The zero-order chi connectivity index (χ0) is 14.0. The highest BCUT2D eigenvalue weighted by Gasteiger charge is 2.35. The van der Waals surface area contributed by atoms with Gasteiger partial charge >= 0.3 is 0 Å². The summed E-state index contributed by atoms with van der Waals surface area (Å²) in [5, 5.41) is 0. The third-order valence-corrected chi connectivity index (χ3v) is 5.26. The number of sulfonamides is 1. The second kappa shape index (κ2) is 6.76. The molecule has 0 spiro atoms. The highest BCUT2D eigenvalue weighted by atomic mass is 35.5. The van der Waals surface area contributed by atoms with Crippen LogP contribution in [0.3, 0.4) is 0 Å². The van der Waals surface area contributed by atoms with Crippen LogP contribution in [0.15, 0.2) is 29.2 Å². The molecule has 2 atom stereocenters. The topological polar surface area (TPSA) is 72.6 Å². The Morgan fingerprint density at radius 2 is 1.90 bits per heavy atom. The van der Waals surface area contributed by atoms with Crippen LogP contribution in [-0.4, -0.2) is 38.5 Å². The smallest absolute Gasteiger partial charge is 0.243 e. The van der Waals surface area contributed by atoms with Gasteiger partial charge in [-0.1, -0.05) is 6.92 Å². The number of nitrogens with zero attached hydrogens (tertiary/aromatic N) is 1. The zero-order valence-corrected chi connectivity index (χ0v) is 13.3. The molecule has 0 radical (unpaired) electrons. The van der Waals surface area contributed by atoms with Crippen LogP contribution < -0.4 is 10.5 Å². The SMILES string of the molecule is CCOc1ccc(S(=O)(=O)N2CC(C)C(N)C2)cc1.Cl. The predicted octanol–water partition coefficient (Wildman–Crippen LogP) is 1.47. The van der Waals surface area contributed by atoms with E-state index in [1.165, 1.54) is 4.31 Å². The maximum Gasteiger partial charge on any atom is 0.243 e. The molecule has 20 heavy (non-hydrogen) atoms. The molecule has 1 fully saturated rings. The van der Waals surface area contributed by atoms with E-state index in [-0.39, 0.29) is 29.3 Å². The molecule has 0 aromatic heterocycles. The van der Waals surface area contributed by atoms with E-state index in [9.17, 15) is 8.42 Å². The van der Waals surface area contributed by atoms with Gasteiger partial charge in [0, 0.05) is 19.1 Å². The average Bonchev–Trinajstić information content (AvgIpc) is 2.71. The van der Waals surface area contributed by atoms with Crippen LogP contribution in [0.5, 0.6) is 5.75 Å². The number of nitrogens with two attached hydrogens (primary N) is 1. The number of rotatable bonds is 4. The third kappa shape index (κ3) is 3.44. The van der Waals surface area contributed by atoms with Crippen LogP contribution in [-0.2, 0) is 10.0 Å². The van der Waals surface area contributed by atoms with Crippen LogP contribution >= 0.6 is 12.4 Å². The molecule has 5 nitrogen and oxygen atoms in total. The molecule has 7 heteroatoms. The largest absolute Gasteiger partial charge is 0.494 e. The summed E-state index contributed by atoms with van der Waals surface area (Å²) in [6, 6.07) is 6.42. The Bertz CT molecular complexity index is 523. The van der Waals surface area contributed by atoms with E-state index >= 15 is 0 Å². The van der Waals surface area contributed by atoms with E-state index in [4.69, 9.17) is 10.5 Å². The molecule has 2 N–H and O–H groups in total. The molecule has 0 bridgehead atoms. The number of hydrogen-bond acceptors (Lipinski definition) is 4. The van der Waals surface area contributed by atoms with Crippen LogP contribution in [0.25, 0.3) is 0 Å². The van der Waals surface area contributed by atoms with E-state index < -0.39 is 10.0 Å². The van der Waals surface area contributed by atoms with E-state index in [1.54, 1.807) is 24.3 Å². The third-order valence-electron chi connectivity index (χ3n) is 3.41. The Morgan fingerprint density at radius 3 is 2.35 bits per heavy atom. The Balaban J connectivity index is 0.00000200. The summed E-state index contributed by atoms with van der Waals surface area (Å²) in [6.07, 6.45) is 0. The van der Waals surface area contributed by atoms with Crippen molar-refractivity contribution in [1.29, 1.82) is 0 Å². The summed E-state index contributed by atoms with van der Waals surface area (Å²) in [4.78, 5) is 0.289. The fraction of sp³-hybridized carbons (Fsp3) is 0.538. The first-order chi connectivity index (χ1) is 8.95. The summed E-state index contributed by atoms with van der Waals surface area (Å²) < 4.78 is 31.6. The zero-order valence-electron chi connectivity index (χ0n) is 11.7. The molecule has 1 aliphatic rings. The van der Waals surface area contributed by atoms with Gasteiger partial charge in [-0.05, 0) is 37.1 Å². The van der Waals surface area contributed by atoms with Gasteiger partial charge in [-0.15, -0.1) is 12.4 Å². The number of ether oxygens (including phenoxy) is 1. The highest BCUT2D eigenvalue weighted by Crippen LogP contribution is 2.24. The maximum absolute atomic E-state index is 12.4. The van der Waals surface area contributed by atoms with Crippen LogP contribution in [0.4, 0.5) is 0 Å². The molecule has 1 saturated heterocycles. The maximum atomic E-state index is 12.4. The summed E-state index contributed by atoms with van der Waals surface area (Å²) in [5.41, 5.74) is 5.88. The first-order valence-corrected chi connectivity index (χ1v) is 7.87. The molecule has 0 aliphatic carbocycles. The van der Waals surface area contributed by atoms with E-state index in [2.05, 4.69) is 0 Å². The van der Waals surface area contributed by atoms with Crippen molar-refractivity contribution in [1.82, 2.24) is 4.31 Å². The first kappa shape index (κ1) is 17.2. The summed E-state index contributed by atoms with van der Waals surface area (Å²) in [7, 11) is -3.44. The molecular weight excluding hydrogens is 300 g/mol. The molecular formula is C13H21ClN2O3S. The molecule has 1 aromatic rings. The van der Waals surface area contributed by atoms with Crippen LogP contribution in [0.1, 0.15) is 13.8 Å². The normalized spacial score (nSPS) is 23.4. The molecule has 0 amide bonds. The van der Waals surface area contributed by atoms with Crippen LogP contribution in [0, 0.1) is 5.92 Å². The van der Waals surface area contributed by atoms with Gasteiger partial charge < -0.3 is 10.5 Å². The summed E-state index contributed by atoms with van der Waals surface area (Å²) in [6.45, 7) is 5.29. The Labute approximate surface area is 126 Å². The van der Waals surface area contributed by atoms with Gasteiger partial charge in [0.25, 0.3) is 0 Å². The van der Waals surface area contributed by atoms with Gasteiger partial charge in [-0.3, -0.25) is 0 Å². The monoisotopic (exact) mass is 320 g/mol. The Kier molecular flexibility index (Phi) is 5.82. The lowest BCUT2D eigenvalue weighted by molar-refractivity contribution is 0.340. The number of benzene rings is 1. The summed E-state index contributed by atoms with van der Waals surface area (Å²) in [5.74, 6) is 0.866.